The van der Waals surface area contributed by atoms with Crippen molar-refractivity contribution in [2.24, 2.45) is 0 Å². The molecule has 1 aliphatic rings. The van der Waals surface area contributed by atoms with Crippen LogP contribution in [0.15, 0.2) is 30.3 Å². The number of likely N-dealkylation sites (N-methyl/N-ethyl adjacent to an activating group) is 1. The van der Waals surface area contributed by atoms with Crippen molar-refractivity contribution in [3.8, 4) is 0 Å². The van der Waals surface area contributed by atoms with Crippen LogP contribution in [0.1, 0.15) is 18.6 Å². The van der Waals surface area contributed by atoms with E-state index in [4.69, 9.17) is 9.05 Å². The molecule has 0 amide bonds. The summed E-state index contributed by atoms with van der Waals surface area (Å²) in [4.78, 5) is 0. The Balaban J connectivity index is 2.19. The molecule has 3 nitrogen and oxygen atoms in total. The predicted octanol–water partition coefficient (Wildman–Crippen LogP) is 2.95. The fraction of sp³-hybridized carbons (Fsp3) is 0.455. The molecule has 1 aliphatic heterocycles. The molecule has 1 aromatic rings. The van der Waals surface area contributed by atoms with Gasteiger partial charge in [-0.05, 0) is 19.5 Å². The number of rotatable bonds is 2. The first-order valence-electron chi connectivity index (χ1n) is 5.02. The van der Waals surface area contributed by atoms with Gasteiger partial charge in [0.25, 0.3) is 8.53 Å². The minimum atomic E-state index is -0.873. The van der Waals surface area contributed by atoms with Gasteiger partial charge >= 0.3 is 0 Å². The lowest BCUT2D eigenvalue weighted by Crippen LogP contribution is -2.22. The Hall–Kier alpha value is -0.470. The quantitative estimate of drug-likeness (QED) is 0.722. The highest BCUT2D eigenvalue weighted by molar-refractivity contribution is 7.44. The largest absolute Gasteiger partial charge is 0.325 e. The van der Waals surface area contributed by atoms with E-state index in [0.29, 0.717) is 6.04 Å². The lowest BCUT2D eigenvalue weighted by atomic mass is 10.0. The molecule has 0 aromatic heterocycles. The molecule has 0 bridgehead atoms. The van der Waals surface area contributed by atoms with E-state index < -0.39 is 8.53 Å². The highest BCUT2D eigenvalue weighted by atomic mass is 31.2. The van der Waals surface area contributed by atoms with Gasteiger partial charge < -0.3 is 9.05 Å². The highest BCUT2D eigenvalue weighted by Gasteiger charge is 2.39. The third-order valence-corrected chi connectivity index (χ3v) is 4.37. The summed E-state index contributed by atoms with van der Waals surface area (Å²) < 4.78 is 13.4. The number of hydrogen-bond acceptors (Lipinski definition) is 3. The Morgan fingerprint density at radius 1 is 1.33 bits per heavy atom. The second kappa shape index (κ2) is 4.58. The first-order chi connectivity index (χ1) is 7.24. The van der Waals surface area contributed by atoms with E-state index in [2.05, 4.69) is 23.7 Å². The van der Waals surface area contributed by atoms with Crippen LogP contribution < -0.4 is 0 Å². The average Bonchev–Trinajstić information content (AvgIpc) is 2.57. The SMILES string of the molecule is COP1O[C@@H](c2ccccc2)[C@H](C)N1C. The van der Waals surface area contributed by atoms with Gasteiger partial charge in [-0.25, -0.2) is 4.67 Å². The summed E-state index contributed by atoms with van der Waals surface area (Å²) in [6, 6.07) is 10.7. The molecule has 0 saturated carbocycles. The molecule has 15 heavy (non-hydrogen) atoms. The number of nitrogens with zero attached hydrogens (tertiary/aromatic N) is 1. The topological polar surface area (TPSA) is 21.7 Å². The summed E-state index contributed by atoms with van der Waals surface area (Å²) in [5.74, 6) is 0. The van der Waals surface area contributed by atoms with Crippen molar-refractivity contribution in [1.82, 2.24) is 4.67 Å². The fourth-order valence-corrected chi connectivity index (χ4v) is 3.16. The molecule has 0 N–H and O–H groups in total. The maximum absolute atomic E-state index is 5.89. The molecule has 82 valence electrons. The van der Waals surface area contributed by atoms with Gasteiger partial charge in [-0.1, -0.05) is 30.3 Å². The third-order valence-electron chi connectivity index (χ3n) is 2.77. The third kappa shape index (κ3) is 2.06. The van der Waals surface area contributed by atoms with E-state index in [1.807, 2.05) is 25.2 Å². The van der Waals surface area contributed by atoms with Gasteiger partial charge in [-0.3, -0.25) is 0 Å². The predicted molar refractivity (Wildman–Crippen MR) is 61.4 cm³/mol. The Morgan fingerprint density at radius 2 is 2.00 bits per heavy atom. The van der Waals surface area contributed by atoms with E-state index >= 15 is 0 Å². The lowest BCUT2D eigenvalue weighted by molar-refractivity contribution is 0.204. The Kier molecular flexibility index (Phi) is 3.37. The molecule has 1 heterocycles. The van der Waals surface area contributed by atoms with Gasteiger partial charge in [0, 0.05) is 13.2 Å². The van der Waals surface area contributed by atoms with Gasteiger partial charge in [0.1, 0.15) is 6.10 Å². The van der Waals surface area contributed by atoms with Crippen molar-refractivity contribution in [3.63, 3.8) is 0 Å². The van der Waals surface area contributed by atoms with Crippen molar-refractivity contribution in [3.05, 3.63) is 35.9 Å². The van der Waals surface area contributed by atoms with Crippen molar-refractivity contribution >= 4 is 8.53 Å². The number of hydrogen-bond donors (Lipinski definition) is 0. The minimum absolute atomic E-state index is 0.127. The van der Waals surface area contributed by atoms with Crippen molar-refractivity contribution < 1.29 is 9.05 Å². The molecule has 0 spiro atoms. The molecule has 1 fully saturated rings. The Labute approximate surface area is 92.0 Å². The zero-order valence-corrected chi connectivity index (χ0v) is 10.1. The smallest absolute Gasteiger partial charge is 0.259 e. The normalized spacial score (nSPS) is 32.1. The molecule has 0 radical (unpaired) electrons. The van der Waals surface area contributed by atoms with E-state index in [-0.39, 0.29) is 6.10 Å². The van der Waals surface area contributed by atoms with Crippen LogP contribution in [0.4, 0.5) is 0 Å². The molecular formula is C11H16NO2P. The maximum atomic E-state index is 5.89. The molecule has 3 atom stereocenters. The van der Waals surface area contributed by atoms with Crippen LogP contribution in [0.25, 0.3) is 0 Å². The van der Waals surface area contributed by atoms with E-state index in [1.54, 1.807) is 7.11 Å². The van der Waals surface area contributed by atoms with Crippen molar-refractivity contribution in [1.29, 1.82) is 0 Å². The Morgan fingerprint density at radius 3 is 2.53 bits per heavy atom. The molecule has 1 saturated heterocycles. The van der Waals surface area contributed by atoms with Crippen LogP contribution in [0.3, 0.4) is 0 Å². The summed E-state index contributed by atoms with van der Waals surface area (Å²) in [6.07, 6.45) is 0.127. The monoisotopic (exact) mass is 225 g/mol. The van der Waals surface area contributed by atoms with Gasteiger partial charge in [0.2, 0.25) is 0 Å². The summed E-state index contributed by atoms with van der Waals surface area (Å²) in [7, 11) is 2.87. The summed E-state index contributed by atoms with van der Waals surface area (Å²) in [6.45, 7) is 2.17. The fourth-order valence-electron chi connectivity index (χ4n) is 1.76. The van der Waals surface area contributed by atoms with Gasteiger partial charge in [0.15, 0.2) is 0 Å². The van der Waals surface area contributed by atoms with Crippen LogP contribution in [-0.4, -0.2) is 24.9 Å². The number of benzene rings is 1. The van der Waals surface area contributed by atoms with E-state index in [9.17, 15) is 0 Å². The standard InChI is InChI=1S/C11H16NO2P/c1-9-11(10-7-5-4-6-8-10)14-15(13-3)12(9)2/h4-9,11H,1-3H3/t9-,11+,15?/m0/s1. The molecule has 1 unspecified atom stereocenters. The van der Waals surface area contributed by atoms with Crippen LogP contribution in [0.2, 0.25) is 0 Å². The van der Waals surface area contributed by atoms with Crippen LogP contribution >= 0.6 is 8.53 Å². The first kappa shape index (κ1) is 11.0. The average molecular weight is 225 g/mol. The Bertz CT molecular complexity index is 320. The van der Waals surface area contributed by atoms with Crippen LogP contribution in [0, 0.1) is 0 Å². The molecule has 1 aromatic carbocycles. The second-order valence-electron chi connectivity index (χ2n) is 3.67. The van der Waals surface area contributed by atoms with Gasteiger partial charge in [-0.2, -0.15) is 0 Å². The summed E-state index contributed by atoms with van der Waals surface area (Å²) in [5.41, 5.74) is 1.22. The zero-order chi connectivity index (χ0) is 10.8. The van der Waals surface area contributed by atoms with Crippen molar-refractivity contribution in [2.75, 3.05) is 14.2 Å². The summed E-state index contributed by atoms with van der Waals surface area (Å²) in [5, 5.41) is 0. The summed E-state index contributed by atoms with van der Waals surface area (Å²) >= 11 is 0. The second-order valence-corrected chi connectivity index (χ2v) is 5.35. The van der Waals surface area contributed by atoms with E-state index in [1.165, 1.54) is 5.56 Å². The maximum Gasteiger partial charge on any atom is 0.259 e. The molecule has 2 rings (SSSR count). The van der Waals surface area contributed by atoms with Crippen LogP contribution in [0.5, 0.6) is 0 Å². The highest BCUT2D eigenvalue weighted by Crippen LogP contribution is 2.55. The lowest BCUT2D eigenvalue weighted by Gasteiger charge is -2.18. The van der Waals surface area contributed by atoms with Crippen molar-refractivity contribution in [2.45, 2.75) is 19.1 Å². The molecule has 4 heteroatoms. The molecular weight excluding hydrogens is 209 g/mol. The molecule has 0 aliphatic carbocycles. The van der Waals surface area contributed by atoms with Crippen LogP contribution in [-0.2, 0) is 9.05 Å². The van der Waals surface area contributed by atoms with E-state index in [0.717, 1.165) is 0 Å². The van der Waals surface area contributed by atoms with Gasteiger partial charge in [0.05, 0.1) is 0 Å². The zero-order valence-electron chi connectivity index (χ0n) is 9.25. The minimum Gasteiger partial charge on any atom is -0.325 e. The first-order valence-corrected chi connectivity index (χ1v) is 6.15. The van der Waals surface area contributed by atoms with Gasteiger partial charge in [-0.15, -0.1) is 0 Å².